The van der Waals surface area contributed by atoms with E-state index in [1.165, 1.54) is 42.9 Å². The summed E-state index contributed by atoms with van der Waals surface area (Å²) >= 11 is 0. The van der Waals surface area contributed by atoms with Crippen LogP contribution in [0.1, 0.15) is 16.7 Å². The minimum absolute atomic E-state index is 0. The quantitative estimate of drug-likeness (QED) is 0.891. The lowest BCUT2D eigenvalue weighted by molar-refractivity contribution is 0.148. The maximum Gasteiger partial charge on any atom is 0.0234 e. The molecule has 1 aromatic carbocycles. The lowest BCUT2D eigenvalue weighted by Gasteiger charge is -2.32. The Hall–Kier alpha value is -0.0300. The van der Waals surface area contributed by atoms with Crippen molar-refractivity contribution >= 4 is 37.2 Å². The summed E-state index contributed by atoms with van der Waals surface area (Å²) in [5.74, 6) is 0. The fourth-order valence-corrected chi connectivity index (χ4v) is 2.71. The highest BCUT2D eigenvalue weighted by Gasteiger charge is 2.15. The van der Waals surface area contributed by atoms with Gasteiger partial charge in [-0.15, -0.1) is 37.2 Å². The van der Waals surface area contributed by atoms with Gasteiger partial charge in [-0.3, -0.25) is 4.90 Å². The van der Waals surface area contributed by atoms with Crippen molar-refractivity contribution < 1.29 is 0 Å². The molecule has 0 unspecified atom stereocenters. The first-order valence-corrected chi connectivity index (χ1v) is 6.53. The highest BCUT2D eigenvalue weighted by molar-refractivity contribution is 5.86. The van der Waals surface area contributed by atoms with Crippen molar-refractivity contribution in [3.8, 4) is 0 Å². The molecule has 0 radical (unpaired) electrons. The zero-order chi connectivity index (χ0) is 11.7. The summed E-state index contributed by atoms with van der Waals surface area (Å²) in [5, 5.41) is 3.40. The molecule has 1 aromatic rings. The van der Waals surface area contributed by atoms with Crippen molar-refractivity contribution in [2.45, 2.75) is 19.6 Å². The highest BCUT2D eigenvalue weighted by atomic mass is 35.5. The predicted octanol–water partition coefficient (Wildman–Crippen LogP) is 2.30. The van der Waals surface area contributed by atoms with E-state index in [4.69, 9.17) is 0 Å². The minimum Gasteiger partial charge on any atom is -0.309 e. The summed E-state index contributed by atoms with van der Waals surface area (Å²) in [6.07, 6.45) is 0. The molecular formula is C14H24Cl3N3. The second kappa shape index (κ2) is 9.08. The molecule has 0 aliphatic carbocycles. The summed E-state index contributed by atoms with van der Waals surface area (Å²) < 4.78 is 0. The van der Waals surface area contributed by atoms with E-state index < -0.39 is 0 Å². The SMILES string of the molecule is CN1CCN(Cc2ccc3c(c2)CNC3)CC1.Cl.Cl.Cl. The maximum absolute atomic E-state index is 3.40. The van der Waals surface area contributed by atoms with Gasteiger partial charge in [-0.1, -0.05) is 18.2 Å². The molecule has 2 aliphatic rings. The van der Waals surface area contributed by atoms with Gasteiger partial charge < -0.3 is 10.2 Å². The molecule has 116 valence electrons. The van der Waals surface area contributed by atoms with E-state index in [9.17, 15) is 0 Å². The van der Waals surface area contributed by atoms with Gasteiger partial charge in [0, 0.05) is 45.8 Å². The summed E-state index contributed by atoms with van der Waals surface area (Å²) in [5.41, 5.74) is 4.45. The second-order valence-electron chi connectivity index (χ2n) is 5.29. The van der Waals surface area contributed by atoms with Crippen molar-refractivity contribution in [1.29, 1.82) is 0 Å². The van der Waals surface area contributed by atoms with Gasteiger partial charge in [0.15, 0.2) is 0 Å². The van der Waals surface area contributed by atoms with Crippen LogP contribution in [-0.2, 0) is 19.6 Å². The molecule has 1 saturated heterocycles. The molecule has 2 heterocycles. The minimum atomic E-state index is 0. The fourth-order valence-electron chi connectivity index (χ4n) is 2.71. The maximum atomic E-state index is 3.40. The van der Waals surface area contributed by atoms with Crippen molar-refractivity contribution in [2.24, 2.45) is 0 Å². The van der Waals surface area contributed by atoms with Crippen molar-refractivity contribution in [1.82, 2.24) is 15.1 Å². The molecule has 3 nitrogen and oxygen atoms in total. The van der Waals surface area contributed by atoms with Gasteiger partial charge in [0.25, 0.3) is 0 Å². The van der Waals surface area contributed by atoms with Gasteiger partial charge in [0.05, 0.1) is 0 Å². The Morgan fingerprint density at radius 2 is 1.60 bits per heavy atom. The van der Waals surface area contributed by atoms with E-state index in [1.54, 1.807) is 0 Å². The Labute approximate surface area is 140 Å². The molecule has 20 heavy (non-hydrogen) atoms. The Bertz CT molecular complexity index is 407. The Morgan fingerprint density at radius 1 is 0.950 bits per heavy atom. The number of nitrogens with zero attached hydrogens (tertiary/aromatic N) is 2. The number of halogens is 3. The third-order valence-electron chi connectivity index (χ3n) is 3.90. The van der Waals surface area contributed by atoms with E-state index in [-0.39, 0.29) is 37.2 Å². The van der Waals surface area contributed by atoms with Gasteiger partial charge in [0.1, 0.15) is 0 Å². The molecule has 0 aromatic heterocycles. The van der Waals surface area contributed by atoms with Crippen LogP contribution in [0.4, 0.5) is 0 Å². The Kier molecular flexibility index (Phi) is 9.07. The molecule has 0 spiro atoms. The molecule has 0 bridgehead atoms. The zero-order valence-corrected chi connectivity index (χ0v) is 14.3. The standard InChI is InChI=1S/C14H21N3.3ClH/c1-16-4-6-17(7-5-16)11-12-2-3-13-9-15-10-14(13)8-12;;;/h2-3,8,15H,4-7,9-11H2,1H3;3*1H. The topological polar surface area (TPSA) is 18.5 Å². The van der Waals surface area contributed by atoms with Gasteiger partial charge in [-0.25, -0.2) is 0 Å². The van der Waals surface area contributed by atoms with E-state index in [2.05, 4.69) is 40.4 Å². The monoisotopic (exact) mass is 339 g/mol. The molecular weight excluding hydrogens is 317 g/mol. The number of rotatable bonds is 2. The normalized spacial score (nSPS) is 18.4. The fraction of sp³-hybridized carbons (Fsp3) is 0.571. The molecule has 0 atom stereocenters. The van der Waals surface area contributed by atoms with Crippen LogP contribution in [-0.4, -0.2) is 43.0 Å². The molecule has 0 saturated carbocycles. The average Bonchev–Trinajstić information content (AvgIpc) is 2.79. The first-order chi connectivity index (χ1) is 8.31. The van der Waals surface area contributed by atoms with Crippen LogP contribution in [0, 0.1) is 0 Å². The Balaban J connectivity index is 0.00000120. The van der Waals surface area contributed by atoms with Crippen LogP contribution in [0.15, 0.2) is 18.2 Å². The van der Waals surface area contributed by atoms with Crippen molar-refractivity contribution in [3.63, 3.8) is 0 Å². The molecule has 6 heteroatoms. The van der Waals surface area contributed by atoms with Gasteiger partial charge in [-0.05, 0) is 23.7 Å². The molecule has 1 N–H and O–H groups in total. The van der Waals surface area contributed by atoms with Crippen LogP contribution in [0.3, 0.4) is 0 Å². The number of hydrogen-bond acceptors (Lipinski definition) is 3. The summed E-state index contributed by atoms with van der Waals surface area (Å²) in [6, 6.07) is 6.97. The summed E-state index contributed by atoms with van der Waals surface area (Å²) in [7, 11) is 2.21. The summed E-state index contributed by atoms with van der Waals surface area (Å²) in [4.78, 5) is 4.97. The van der Waals surface area contributed by atoms with E-state index in [1.807, 2.05) is 0 Å². The largest absolute Gasteiger partial charge is 0.309 e. The number of benzene rings is 1. The summed E-state index contributed by atoms with van der Waals surface area (Å²) in [6.45, 7) is 8.01. The van der Waals surface area contributed by atoms with Crippen LogP contribution in [0.25, 0.3) is 0 Å². The number of nitrogens with one attached hydrogen (secondary N) is 1. The van der Waals surface area contributed by atoms with Gasteiger partial charge in [0.2, 0.25) is 0 Å². The van der Waals surface area contributed by atoms with Crippen molar-refractivity contribution in [2.75, 3.05) is 33.2 Å². The molecule has 3 rings (SSSR count). The first kappa shape index (κ1) is 20.0. The highest BCUT2D eigenvalue weighted by Crippen LogP contribution is 2.18. The smallest absolute Gasteiger partial charge is 0.0234 e. The van der Waals surface area contributed by atoms with E-state index in [0.29, 0.717) is 0 Å². The van der Waals surface area contributed by atoms with E-state index >= 15 is 0 Å². The third kappa shape index (κ3) is 4.76. The van der Waals surface area contributed by atoms with Gasteiger partial charge in [-0.2, -0.15) is 0 Å². The molecule has 1 fully saturated rings. The molecule has 2 aliphatic heterocycles. The van der Waals surface area contributed by atoms with Crippen molar-refractivity contribution in [3.05, 3.63) is 34.9 Å². The lowest BCUT2D eigenvalue weighted by Crippen LogP contribution is -2.43. The van der Waals surface area contributed by atoms with Crippen LogP contribution < -0.4 is 5.32 Å². The number of fused-ring (bicyclic) bond motifs is 1. The third-order valence-corrected chi connectivity index (χ3v) is 3.90. The second-order valence-corrected chi connectivity index (χ2v) is 5.29. The van der Waals surface area contributed by atoms with Gasteiger partial charge >= 0.3 is 0 Å². The van der Waals surface area contributed by atoms with Crippen LogP contribution in [0.2, 0.25) is 0 Å². The number of hydrogen-bond donors (Lipinski definition) is 1. The Morgan fingerprint density at radius 3 is 2.30 bits per heavy atom. The van der Waals surface area contributed by atoms with Crippen LogP contribution >= 0.6 is 37.2 Å². The molecule has 0 amide bonds. The average molecular weight is 341 g/mol. The predicted molar refractivity (Wildman–Crippen MR) is 91.5 cm³/mol. The zero-order valence-electron chi connectivity index (χ0n) is 11.8. The lowest BCUT2D eigenvalue weighted by atomic mass is 10.1. The van der Waals surface area contributed by atoms with E-state index in [0.717, 1.165) is 19.6 Å². The number of likely N-dealkylation sites (N-methyl/N-ethyl adjacent to an activating group) is 1. The van der Waals surface area contributed by atoms with Crippen LogP contribution in [0.5, 0.6) is 0 Å². The number of piperazine rings is 1. The first-order valence-electron chi connectivity index (χ1n) is 6.53.